The van der Waals surface area contributed by atoms with Gasteiger partial charge < -0.3 is 10.5 Å². The first-order chi connectivity index (χ1) is 8.59. The lowest BCUT2D eigenvalue weighted by atomic mass is 10.3. The zero-order valence-electron chi connectivity index (χ0n) is 9.04. The van der Waals surface area contributed by atoms with Gasteiger partial charge in [0.1, 0.15) is 10.2 Å². The van der Waals surface area contributed by atoms with Crippen molar-refractivity contribution >= 4 is 27.3 Å². The highest BCUT2D eigenvalue weighted by molar-refractivity contribution is 9.10. The van der Waals surface area contributed by atoms with Crippen LogP contribution in [0.3, 0.4) is 0 Å². The van der Waals surface area contributed by atoms with Crippen LogP contribution in [0, 0.1) is 10.1 Å². The summed E-state index contributed by atoms with van der Waals surface area (Å²) in [6.07, 6.45) is 2.97. The van der Waals surface area contributed by atoms with Gasteiger partial charge in [0, 0.05) is 18.3 Å². The number of nitro groups is 1. The number of anilines is 1. The predicted molar refractivity (Wildman–Crippen MR) is 69.5 cm³/mol. The van der Waals surface area contributed by atoms with Gasteiger partial charge in [0.25, 0.3) is 5.69 Å². The molecule has 0 amide bonds. The number of nitro benzene ring substituents is 1. The number of benzene rings is 1. The zero-order chi connectivity index (χ0) is 13.1. The largest absolute Gasteiger partial charge is 0.454 e. The van der Waals surface area contributed by atoms with Crippen molar-refractivity contribution in [2.24, 2.45) is 0 Å². The summed E-state index contributed by atoms with van der Waals surface area (Å²) in [5.41, 5.74) is 5.97. The van der Waals surface area contributed by atoms with Crippen LogP contribution in [0.15, 0.2) is 41.1 Å². The number of pyridine rings is 1. The molecule has 7 heteroatoms. The highest BCUT2D eigenvalue weighted by atomic mass is 79.9. The Balaban J connectivity index is 2.39. The Kier molecular flexibility index (Phi) is 3.42. The summed E-state index contributed by atoms with van der Waals surface area (Å²) < 4.78 is 5.78. The van der Waals surface area contributed by atoms with E-state index in [1.54, 1.807) is 12.1 Å². The molecule has 0 radical (unpaired) electrons. The van der Waals surface area contributed by atoms with E-state index in [2.05, 4.69) is 20.9 Å². The molecule has 0 aliphatic heterocycles. The Morgan fingerprint density at radius 1 is 1.33 bits per heavy atom. The van der Waals surface area contributed by atoms with Crippen molar-refractivity contribution < 1.29 is 9.66 Å². The van der Waals surface area contributed by atoms with Crippen LogP contribution in [0.1, 0.15) is 0 Å². The van der Waals surface area contributed by atoms with Crippen LogP contribution in [0.4, 0.5) is 11.4 Å². The molecule has 6 nitrogen and oxygen atoms in total. The third kappa shape index (κ3) is 2.40. The molecule has 0 spiro atoms. The van der Waals surface area contributed by atoms with Gasteiger partial charge in [-0.2, -0.15) is 0 Å². The van der Waals surface area contributed by atoms with Crippen molar-refractivity contribution in [3.63, 3.8) is 0 Å². The molecule has 0 aliphatic carbocycles. The standard InChI is InChI=1S/C11H8BrN3O3/c12-11-8(15(16)17)2-1-3-10(11)18-9-4-5-14-6-7(9)13/h1-6H,13H2. The summed E-state index contributed by atoms with van der Waals surface area (Å²) in [5.74, 6) is 0.716. The fraction of sp³-hybridized carbons (Fsp3) is 0. The maximum absolute atomic E-state index is 10.8. The number of aromatic nitrogens is 1. The smallest absolute Gasteiger partial charge is 0.287 e. The number of nitrogens with two attached hydrogens (primary N) is 1. The number of hydrogen-bond donors (Lipinski definition) is 1. The third-order valence-electron chi connectivity index (χ3n) is 2.17. The maximum atomic E-state index is 10.8. The molecule has 1 heterocycles. The first-order valence-electron chi connectivity index (χ1n) is 4.90. The van der Waals surface area contributed by atoms with Crippen LogP contribution in [0.5, 0.6) is 11.5 Å². The molecular weight excluding hydrogens is 302 g/mol. The Morgan fingerprint density at radius 3 is 2.78 bits per heavy atom. The molecule has 0 fully saturated rings. The average molecular weight is 310 g/mol. The van der Waals surface area contributed by atoms with Gasteiger partial charge in [0.15, 0.2) is 5.75 Å². The van der Waals surface area contributed by atoms with Crippen LogP contribution in [0.2, 0.25) is 0 Å². The normalized spacial score (nSPS) is 10.1. The Bertz CT molecular complexity index is 604. The number of nitrogens with zero attached hydrogens (tertiary/aromatic N) is 2. The summed E-state index contributed by atoms with van der Waals surface area (Å²) >= 11 is 3.14. The molecular formula is C11H8BrN3O3. The van der Waals surface area contributed by atoms with E-state index in [4.69, 9.17) is 10.5 Å². The molecule has 0 atom stereocenters. The first-order valence-corrected chi connectivity index (χ1v) is 5.69. The van der Waals surface area contributed by atoms with Gasteiger partial charge in [0.2, 0.25) is 0 Å². The highest BCUT2D eigenvalue weighted by Crippen LogP contribution is 2.37. The lowest BCUT2D eigenvalue weighted by molar-refractivity contribution is -0.385. The van der Waals surface area contributed by atoms with E-state index in [1.165, 1.54) is 24.5 Å². The summed E-state index contributed by atoms with van der Waals surface area (Å²) in [6.45, 7) is 0. The number of nitrogen functional groups attached to an aromatic ring is 1. The number of halogens is 1. The van der Waals surface area contributed by atoms with Crippen molar-refractivity contribution in [2.45, 2.75) is 0 Å². The minimum atomic E-state index is -0.493. The molecule has 92 valence electrons. The van der Waals surface area contributed by atoms with E-state index in [0.717, 1.165) is 0 Å². The van der Waals surface area contributed by atoms with Crippen LogP contribution in [0.25, 0.3) is 0 Å². The number of hydrogen-bond acceptors (Lipinski definition) is 5. The molecule has 1 aromatic carbocycles. The van der Waals surface area contributed by atoms with E-state index < -0.39 is 4.92 Å². The quantitative estimate of drug-likeness (QED) is 0.694. The first kappa shape index (κ1) is 12.3. The van der Waals surface area contributed by atoms with E-state index in [0.29, 0.717) is 17.2 Å². The van der Waals surface area contributed by atoms with E-state index in [1.807, 2.05) is 0 Å². The average Bonchev–Trinajstić information content (AvgIpc) is 2.34. The molecule has 0 unspecified atom stereocenters. The summed E-state index contributed by atoms with van der Waals surface area (Å²) in [6, 6.07) is 6.11. The minimum Gasteiger partial charge on any atom is -0.454 e. The fourth-order valence-electron chi connectivity index (χ4n) is 1.32. The van der Waals surface area contributed by atoms with Crippen molar-refractivity contribution in [1.29, 1.82) is 0 Å². The molecule has 0 bridgehead atoms. The molecule has 2 N–H and O–H groups in total. The second-order valence-electron chi connectivity index (χ2n) is 3.36. The second-order valence-corrected chi connectivity index (χ2v) is 4.15. The van der Waals surface area contributed by atoms with Crippen LogP contribution in [-0.2, 0) is 0 Å². The van der Waals surface area contributed by atoms with Gasteiger partial charge in [-0.25, -0.2) is 0 Å². The highest BCUT2D eigenvalue weighted by Gasteiger charge is 2.16. The van der Waals surface area contributed by atoms with Crippen LogP contribution >= 0.6 is 15.9 Å². The van der Waals surface area contributed by atoms with Crippen LogP contribution in [-0.4, -0.2) is 9.91 Å². The summed E-state index contributed by atoms with van der Waals surface area (Å²) in [7, 11) is 0. The monoisotopic (exact) mass is 309 g/mol. The lowest BCUT2D eigenvalue weighted by Gasteiger charge is -2.09. The Morgan fingerprint density at radius 2 is 2.11 bits per heavy atom. The molecule has 0 saturated carbocycles. The van der Waals surface area contributed by atoms with E-state index in [9.17, 15) is 10.1 Å². The minimum absolute atomic E-state index is 0.0693. The molecule has 2 aromatic rings. The molecule has 0 saturated heterocycles. The summed E-state index contributed by atoms with van der Waals surface area (Å²) in [5, 5.41) is 10.8. The van der Waals surface area contributed by atoms with E-state index >= 15 is 0 Å². The van der Waals surface area contributed by atoms with Gasteiger partial charge in [-0.1, -0.05) is 6.07 Å². The molecule has 2 rings (SSSR count). The van der Waals surface area contributed by atoms with Gasteiger partial charge in [-0.05, 0) is 22.0 Å². The number of rotatable bonds is 3. The van der Waals surface area contributed by atoms with Gasteiger partial charge in [0.05, 0.1) is 16.8 Å². The Hall–Kier alpha value is -2.15. The van der Waals surface area contributed by atoms with Gasteiger partial charge in [-0.15, -0.1) is 0 Å². The maximum Gasteiger partial charge on any atom is 0.287 e. The van der Waals surface area contributed by atoms with Crippen LogP contribution < -0.4 is 10.5 Å². The third-order valence-corrected chi connectivity index (χ3v) is 2.97. The van der Waals surface area contributed by atoms with Crippen molar-refractivity contribution in [3.05, 3.63) is 51.2 Å². The van der Waals surface area contributed by atoms with Crippen molar-refractivity contribution in [3.8, 4) is 11.5 Å². The fourth-order valence-corrected chi connectivity index (χ4v) is 1.81. The van der Waals surface area contributed by atoms with Gasteiger partial charge in [-0.3, -0.25) is 15.1 Å². The molecule has 1 aromatic heterocycles. The van der Waals surface area contributed by atoms with Crippen molar-refractivity contribution in [2.75, 3.05) is 5.73 Å². The second kappa shape index (κ2) is 5.01. The summed E-state index contributed by atoms with van der Waals surface area (Å²) in [4.78, 5) is 14.1. The number of ether oxygens (including phenoxy) is 1. The molecule has 0 aliphatic rings. The Labute approximate surface area is 111 Å². The topological polar surface area (TPSA) is 91.3 Å². The van der Waals surface area contributed by atoms with Gasteiger partial charge >= 0.3 is 0 Å². The zero-order valence-corrected chi connectivity index (χ0v) is 10.6. The lowest BCUT2D eigenvalue weighted by Crippen LogP contribution is -1.95. The SMILES string of the molecule is Nc1cnccc1Oc1cccc([N+](=O)[O-])c1Br. The molecule has 18 heavy (non-hydrogen) atoms. The van der Waals surface area contributed by atoms with E-state index in [-0.39, 0.29) is 10.2 Å². The predicted octanol–water partition coefficient (Wildman–Crippen LogP) is 3.13. The van der Waals surface area contributed by atoms with Crippen molar-refractivity contribution in [1.82, 2.24) is 4.98 Å².